The molecular formula is C15H22N2O3S. The van der Waals surface area contributed by atoms with E-state index in [1.54, 1.807) is 35.5 Å². The van der Waals surface area contributed by atoms with Gasteiger partial charge in [-0.25, -0.2) is 8.42 Å². The van der Waals surface area contributed by atoms with Crippen LogP contribution in [0, 0.1) is 0 Å². The van der Waals surface area contributed by atoms with Crippen LogP contribution in [-0.4, -0.2) is 56.1 Å². The lowest BCUT2D eigenvalue weighted by atomic mass is 10.2. The summed E-state index contributed by atoms with van der Waals surface area (Å²) in [5, 5.41) is 0. The van der Waals surface area contributed by atoms with Crippen LogP contribution in [0.2, 0.25) is 0 Å². The number of carbonyl (C=O) groups is 1. The molecule has 2 rings (SSSR count). The molecule has 1 aliphatic heterocycles. The number of hydrogen-bond donors (Lipinski definition) is 0. The van der Waals surface area contributed by atoms with Gasteiger partial charge in [0.15, 0.2) is 0 Å². The number of piperazine rings is 1. The highest BCUT2D eigenvalue weighted by Crippen LogP contribution is 2.17. The van der Waals surface area contributed by atoms with Crippen molar-refractivity contribution in [1.82, 2.24) is 9.21 Å². The van der Waals surface area contributed by atoms with Gasteiger partial charge in [0, 0.05) is 32.6 Å². The Morgan fingerprint density at radius 1 is 1.10 bits per heavy atom. The lowest BCUT2D eigenvalue weighted by molar-refractivity contribution is -0.117. The van der Waals surface area contributed by atoms with E-state index in [1.807, 2.05) is 6.07 Å². The van der Waals surface area contributed by atoms with Gasteiger partial charge in [-0.15, -0.1) is 0 Å². The average Bonchev–Trinajstić information content (AvgIpc) is 2.48. The van der Waals surface area contributed by atoms with Gasteiger partial charge in [-0.05, 0) is 32.0 Å². The monoisotopic (exact) mass is 310 g/mol. The van der Waals surface area contributed by atoms with Crippen LogP contribution in [0.4, 0.5) is 0 Å². The maximum atomic E-state index is 12.5. The number of ketones is 1. The number of benzene rings is 1. The van der Waals surface area contributed by atoms with E-state index in [4.69, 9.17) is 0 Å². The third kappa shape index (κ3) is 4.36. The van der Waals surface area contributed by atoms with Crippen LogP contribution in [0.15, 0.2) is 35.2 Å². The highest BCUT2D eigenvalue weighted by molar-refractivity contribution is 7.89. The summed E-state index contributed by atoms with van der Waals surface area (Å²) in [6.45, 7) is 4.94. The van der Waals surface area contributed by atoms with E-state index in [0.717, 1.165) is 26.1 Å². The van der Waals surface area contributed by atoms with E-state index >= 15 is 0 Å². The molecule has 0 unspecified atom stereocenters. The van der Waals surface area contributed by atoms with E-state index in [9.17, 15) is 13.2 Å². The van der Waals surface area contributed by atoms with E-state index < -0.39 is 10.0 Å². The fourth-order valence-corrected chi connectivity index (χ4v) is 3.93. The molecule has 116 valence electrons. The smallest absolute Gasteiger partial charge is 0.243 e. The molecule has 0 radical (unpaired) electrons. The second kappa shape index (κ2) is 7.15. The molecule has 1 aromatic rings. The maximum absolute atomic E-state index is 12.5. The molecule has 0 saturated carbocycles. The fourth-order valence-electron chi connectivity index (χ4n) is 2.49. The summed E-state index contributed by atoms with van der Waals surface area (Å²) in [6.07, 6.45) is 1.45. The SMILES string of the molecule is CC(=O)CCCN1CCN(S(=O)(=O)c2ccccc2)CC1. The van der Waals surface area contributed by atoms with Crippen LogP contribution in [0.1, 0.15) is 19.8 Å². The molecule has 5 nitrogen and oxygen atoms in total. The van der Waals surface area contributed by atoms with Gasteiger partial charge < -0.3 is 9.69 Å². The van der Waals surface area contributed by atoms with Crippen molar-refractivity contribution in [3.63, 3.8) is 0 Å². The van der Waals surface area contributed by atoms with Crippen LogP contribution in [0.3, 0.4) is 0 Å². The van der Waals surface area contributed by atoms with Crippen LogP contribution in [0.5, 0.6) is 0 Å². The zero-order valence-corrected chi connectivity index (χ0v) is 13.2. The van der Waals surface area contributed by atoms with Crippen molar-refractivity contribution in [2.75, 3.05) is 32.7 Å². The van der Waals surface area contributed by atoms with Crippen LogP contribution in [-0.2, 0) is 14.8 Å². The molecule has 0 N–H and O–H groups in total. The Morgan fingerprint density at radius 3 is 2.29 bits per heavy atom. The van der Waals surface area contributed by atoms with Crippen LogP contribution >= 0.6 is 0 Å². The van der Waals surface area contributed by atoms with Crippen molar-refractivity contribution in [1.29, 1.82) is 0 Å². The van der Waals surface area contributed by atoms with Crippen LogP contribution < -0.4 is 0 Å². The van der Waals surface area contributed by atoms with Gasteiger partial charge >= 0.3 is 0 Å². The maximum Gasteiger partial charge on any atom is 0.243 e. The third-order valence-electron chi connectivity index (χ3n) is 3.72. The molecule has 1 heterocycles. The minimum absolute atomic E-state index is 0.209. The highest BCUT2D eigenvalue weighted by Gasteiger charge is 2.27. The van der Waals surface area contributed by atoms with E-state index in [0.29, 0.717) is 24.4 Å². The molecule has 21 heavy (non-hydrogen) atoms. The molecule has 0 spiro atoms. The van der Waals surface area contributed by atoms with Gasteiger partial charge in [-0.3, -0.25) is 0 Å². The molecule has 1 fully saturated rings. The van der Waals surface area contributed by atoms with Crippen molar-refractivity contribution in [3.05, 3.63) is 30.3 Å². The molecule has 0 atom stereocenters. The minimum Gasteiger partial charge on any atom is -0.301 e. The average molecular weight is 310 g/mol. The van der Waals surface area contributed by atoms with Crippen molar-refractivity contribution < 1.29 is 13.2 Å². The van der Waals surface area contributed by atoms with Crippen LogP contribution in [0.25, 0.3) is 0 Å². The van der Waals surface area contributed by atoms with E-state index in [-0.39, 0.29) is 5.78 Å². The summed E-state index contributed by atoms with van der Waals surface area (Å²) in [7, 11) is -3.37. The summed E-state index contributed by atoms with van der Waals surface area (Å²) >= 11 is 0. The number of rotatable bonds is 6. The zero-order chi connectivity index (χ0) is 15.3. The second-order valence-corrected chi connectivity index (χ2v) is 7.30. The van der Waals surface area contributed by atoms with Gasteiger partial charge in [0.1, 0.15) is 5.78 Å². The summed E-state index contributed by atoms with van der Waals surface area (Å²) in [5.41, 5.74) is 0. The quantitative estimate of drug-likeness (QED) is 0.796. The number of nitrogens with zero attached hydrogens (tertiary/aromatic N) is 2. The summed E-state index contributed by atoms with van der Waals surface area (Å²) < 4.78 is 26.5. The van der Waals surface area contributed by atoms with Gasteiger partial charge in [-0.2, -0.15) is 4.31 Å². The lowest BCUT2D eigenvalue weighted by Crippen LogP contribution is -2.48. The number of sulfonamides is 1. The number of hydrogen-bond acceptors (Lipinski definition) is 4. The molecule has 6 heteroatoms. The predicted octanol–water partition coefficient (Wildman–Crippen LogP) is 1.36. The lowest BCUT2D eigenvalue weighted by Gasteiger charge is -2.33. The predicted molar refractivity (Wildman–Crippen MR) is 81.6 cm³/mol. The number of carbonyl (C=O) groups excluding carboxylic acids is 1. The first kappa shape index (κ1) is 16.1. The minimum atomic E-state index is -3.37. The van der Waals surface area contributed by atoms with E-state index in [2.05, 4.69) is 4.90 Å². The first-order chi connectivity index (χ1) is 10.00. The van der Waals surface area contributed by atoms with Gasteiger partial charge in [0.25, 0.3) is 0 Å². The Morgan fingerprint density at radius 2 is 1.71 bits per heavy atom. The number of Topliss-reactive ketones (excluding diaryl/α,β-unsaturated/α-hetero) is 1. The molecule has 1 saturated heterocycles. The summed E-state index contributed by atoms with van der Waals surface area (Å²) in [6, 6.07) is 8.56. The Hall–Kier alpha value is -1.24. The Labute approximate surface area is 126 Å². The topological polar surface area (TPSA) is 57.7 Å². The molecule has 0 aromatic heterocycles. The second-order valence-electron chi connectivity index (χ2n) is 5.36. The first-order valence-electron chi connectivity index (χ1n) is 7.27. The Balaban J connectivity index is 1.88. The Bertz CT molecular complexity index is 564. The molecule has 0 bridgehead atoms. The van der Waals surface area contributed by atoms with Gasteiger partial charge in [0.05, 0.1) is 4.90 Å². The third-order valence-corrected chi connectivity index (χ3v) is 5.63. The molecule has 1 aromatic carbocycles. The summed E-state index contributed by atoms with van der Waals surface area (Å²) in [5.74, 6) is 0.209. The van der Waals surface area contributed by atoms with E-state index in [1.165, 1.54) is 0 Å². The van der Waals surface area contributed by atoms with Gasteiger partial charge in [0.2, 0.25) is 10.0 Å². The highest BCUT2D eigenvalue weighted by atomic mass is 32.2. The molecule has 0 amide bonds. The molecule has 0 aliphatic carbocycles. The largest absolute Gasteiger partial charge is 0.301 e. The normalized spacial score (nSPS) is 17.8. The van der Waals surface area contributed by atoms with Crippen molar-refractivity contribution >= 4 is 15.8 Å². The fraction of sp³-hybridized carbons (Fsp3) is 0.533. The molecule has 1 aliphatic rings. The van der Waals surface area contributed by atoms with Gasteiger partial charge in [-0.1, -0.05) is 18.2 Å². The Kier molecular flexibility index (Phi) is 5.50. The summed E-state index contributed by atoms with van der Waals surface area (Å²) in [4.78, 5) is 13.5. The zero-order valence-electron chi connectivity index (χ0n) is 12.4. The standard InChI is InChI=1S/C15H22N2O3S/c1-14(18)6-5-9-16-10-12-17(13-11-16)21(19,20)15-7-3-2-4-8-15/h2-4,7-8H,5-6,9-13H2,1H3. The van der Waals surface area contributed by atoms with Crippen molar-refractivity contribution in [3.8, 4) is 0 Å². The van der Waals surface area contributed by atoms with Crippen molar-refractivity contribution in [2.45, 2.75) is 24.7 Å². The first-order valence-corrected chi connectivity index (χ1v) is 8.71. The molecular weight excluding hydrogens is 288 g/mol. The van der Waals surface area contributed by atoms with Crippen molar-refractivity contribution in [2.24, 2.45) is 0 Å².